The standard InChI is InChI=1S/C13H23N3O/c1-11-3-5-12(6-4-11)16-9-7-14-13(16)15-8-10-17-2/h7,9,11-12H,3-6,8,10H2,1-2H3,(H,14,15). The Bertz CT molecular complexity index is 329. The van der Waals surface area contributed by atoms with E-state index in [-0.39, 0.29) is 0 Å². The van der Waals surface area contributed by atoms with E-state index in [1.165, 1.54) is 25.7 Å². The van der Waals surface area contributed by atoms with E-state index in [9.17, 15) is 0 Å². The number of nitrogens with zero attached hydrogens (tertiary/aromatic N) is 2. The van der Waals surface area contributed by atoms with Gasteiger partial charge in [0, 0.05) is 32.1 Å². The van der Waals surface area contributed by atoms with Crippen LogP contribution in [0.25, 0.3) is 0 Å². The van der Waals surface area contributed by atoms with E-state index in [4.69, 9.17) is 4.74 Å². The number of nitrogens with one attached hydrogen (secondary N) is 1. The molecular weight excluding hydrogens is 214 g/mol. The maximum atomic E-state index is 5.04. The van der Waals surface area contributed by atoms with E-state index in [2.05, 4.69) is 28.0 Å². The average Bonchev–Trinajstić information content (AvgIpc) is 2.79. The molecule has 1 saturated carbocycles. The van der Waals surface area contributed by atoms with E-state index in [1.54, 1.807) is 7.11 Å². The molecule has 1 N–H and O–H groups in total. The number of imidazole rings is 1. The summed E-state index contributed by atoms with van der Waals surface area (Å²) in [6, 6.07) is 0.624. The molecule has 4 heteroatoms. The van der Waals surface area contributed by atoms with Crippen LogP contribution in [0.3, 0.4) is 0 Å². The van der Waals surface area contributed by atoms with Crippen molar-refractivity contribution in [1.29, 1.82) is 0 Å². The van der Waals surface area contributed by atoms with Crippen LogP contribution in [-0.2, 0) is 4.74 Å². The quantitative estimate of drug-likeness (QED) is 0.800. The van der Waals surface area contributed by atoms with Gasteiger partial charge in [0.25, 0.3) is 0 Å². The fraction of sp³-hybridized carbons (Fsp3) is 0.769. The summed E-state index contributed by atoms with van der Waals surface area (Å²) in [6.07, 6.45) is 9.19. The summed E-state index contributed by atoms with van der Waals surface area (Å²) in [7, 11) is 1.72. The minimum atomic E-state index is 0.624. The van der Waals surface area contributed by atoms with Crippen molar-refractivity contribution in [2.24, 2.45) is 5.92 Å². The second kappa shape index (κ2) is 6.05. The molecule has 0 amide bonds. The van der Waals surface area contributed by atoms with Gasteiger partial charge in [-0.2, -0.15) is 0 Å². The zero-order valence-electron chi connectivity index (χ0n) is 10.9. The Morgan fingerprint density at radius 1 is 1.41 bits per heavy atom. The Hall–Kier alpha value is -1.03. The second-order valence-corrected chi connectivity index (χ2v) is 4.99. The molecule has 1 aromatic heterocycles. The van der Waals surface area contributed by atoms with Crippen molar-refractivity contribution in [1.82, 2.24) is 9.55 Å². The van der Waals surface area contributed by atoms with Crippen LogP contribution in [-0.4, -0.2) is 29.8 Å². The molecule has 0 atom stereocenters. The van der Waals surface area contributed by atoms with Gasteiger partial charge in [-0.25, -0.2) is 4.98 Å². The number of aromatic nitrogens is 2. The van der Waals surface area contributed by atoms with Gasteiger partial charge in [0.1, 0.15) is 0 Å². The predicted octanol–water partition coefficient (Wildman–Crippen LogP) is 2.69. The van der Waals surface area contributed by atoms with Gasteiger partial charge in [-0.1, -0.05) is 6.92 Å². The maximum absolute atomic E-state index is 5.04. The van der Waals surface area contributed by atoms with E-state index < -0.39 is 0 Å². The summed E-state index contributed by atoms with van der Waals surface area (Å²) in [5, 5.41) is 3.33. The number of hydrogen-bond acceptors (Lipinski definition) is 3. The SMILES string of the molecule is COCCNc1nccn1C1CCC(C)CC1. The first-order chi connectivity index (χ1) is 8.31. The molecule has 0 bridgehead atoms. The number of rotatable bonds is 5. The lowest BCUT2D eigenvalue weighted by Crippen LogP contribution is -2.19. The van der Waals surface area contributed by atoms with Gasteiger partial charge in [-0.3, -0.25) is 0 Å². The molecule has 1 aromatic rings. The fourth-order valence-corrected chi connectivity index (χ4v) is 2.53. The Labute approximate surface area is 103 Å². The van der Waals surface area contributed by atoms with Crippen LogP contribution in [0.15, 0.2) is 12.4 Å². The zero-order valence-corrected chi connectivity index (χ0v) is 10.9. The number of methoxy groups -OCH3 is 1. The molecule has 17 heavy (non-hydrogen) atoms. The smallest absolute Gasteiger partial charge is 0.203 e. The van der Waals surface area contributed by atoms with Crippen LogP contribution >= 0.6 is 0 Å². The molecule has 0 radical (unpaired) electrons. The molecule has 1 heterocycles. The van der Waals surface area contributed by atoms with Crippen LogP contribution in [0.4, 0.5) is 5.95 Å². The van der Waals surface area contributed by atoms with Gasteiger partial charge in [0.15, 0.2) is 0 Å². The van der Waals surface area contributed by atoms with Crippen LogP contribution in [0, 0.1) is 5.92 Å². The van der Waals surface area contributed by atoms with Gasteiger partial charge in [-0.05, 0) is 31.6 Å². The summed E-state index contributed by atoms with van der Waals surface area (Å²) in [5.74, 6) is 1.88. The summed E-state index contributed by atoms with van der Waals surface area (Å²) < 4.78 is 7.33. The lowest BCUT2D eigenvalue weighted by molar-refractivity contribution is 0.210. The highest BCUT2D eigenvalue weighted by molar-refractivity contribution is 5.26. The Morgan fingerprint density at radius 3 is 2.88 bits per heavy atom. The molecule has 0 aromatic carbocycles. The van der Waals surface area contributed by atoms with Crippen molar-refractivity contribution in [2.45, 2.75) is 38.6 Å². The molecule has 0 unspecified atom stereocenters. The largest absolute Gasteiger partial charge is 0.383 e. The van der Waals surface area contributed by atoms with E-state index in [0.29, 0.717) is 12.6 Å². The Morgan fingerprint density at radius 2 is 2.18 bits per heavy atom. The summed E-state index contributed by atoms with van der Waals surface area (Å²) in [6.45, 7) is 3.88. The predicted molar refractivity (Wildman–Crippen MR) is 69.3 cm³/mol. The molecule has 96 valence electrons. The normalized spacial score (nSPS) is 24.8. The topological polar surface area (TPSA) is 39.1 Å². The lowest BCUT2D eigenvalue weighted by atomic mass is 9.87. The van der Waals surface area contributed by atoms with Crippen LogP contribution in [0.2, 0.25) is 0 Å². The van der Waals surface area contributed by atoms with Gasteiger partial charge in [0.2, 0.25) is 5.95 Å². The number of ether oxygens (including phenoxy) is 1. The van der Waals surface area contributed by atoms with Gasteiger partial charge in [-0.15, -0.1) is 0 Å². The highest BCUT2D eigenvalue weighted by Gasteiger charge is 2.21. The minimum absolute atomic E-state index is 0.624. The van der Waals surface area contributed by atoms with Crippen LogP contribution < -0.4 is 5.32 Å². The van der Waals surface area contributed by atoms with E-state index in [1.807, 2.05) is 6.20 Å². The fourth-order valence-electron chi connectivity index (χ4n) is 2.53. The number of hydrogen-bond donors (Lipinski definition) is 1. The molecule has 1 fully saturated rings. The van der Waals surface area contributed by atoms with Gasteiger partial charge in [0.05, 0.1) is 6.61 Å². The lowest BCUT2D eigenvalue weighted by Gasteiger charge is -2.28. The van der Waals surface area contributed by atoms with Gasteiger partial charge < -0.3 is 14.6 Å². The van der Waals surface area contributed by atoms with E-state index in [0.717, 1.165) is 18.4 Å². The van der Waals surface area contributed by atoms with Crippen molar-refractivity contribution in [3.8, 4) is 0 Å². The molecule has 4 nitrogen and oxygen atoms in total. The first-order valence-corrected chi connectivity index (χ1v) is 6.57. The molecular formula is C13H23N3O. The summed E-state index contributed by atoms with van der Waals surface area (Å²) in [4.78, 5) is 4.38. The molecule has 0 saturated heterocycles. The van der Waals surface area contributed by atoms with Crippen molar-refractivity contribution in [3.63, 3.8) is 0 Å². The molecule has 1 aliphatic carbocycles. The third-order valence-electron chi connectivity index (χ3n) is 3.64. The number of anilines is 1. The van der Waals surface area contributed by atoms with Crippen LogP contribution in [0.5, 0.6) is 0 Å². The molecule has 1 aliphatic rings. The average molecular weight is 237 g/mol. The molecule has 2 rings (SSSR count). The Kier molecular flexibility index (Phi) is 4.42. The highest BCUT2D eigenvalue weighted by Crippen LogP contribution is 2.33. The van der Waals surface area contributed by atoms with Crippen molar-refractivity contribution in [2.75, 3.05) is 25.6 Å². The third-order valence-corrected chi connectivity index (χ3v) is 3.64. The summed E-state index contributed by atoms with van der Waals surface area (Å²) >= 11 is 0. The second-order valence-electron chi connectivity index (χ2n) is 4.99. The highest BCUT2D eigenvalue weighted by atomic mass is 16.5. The van der Waals surface area contributed by atoms with E-state index >= 15 is 0 Å². The van der Waals surface area contributed by atoms with Gasteiger partial charge >= 0.3 is 0 Å². The van der Waals surface area contributed by atoms with Crippen molar-refractivity contribution in [3.05, 3.63) is 12.4 Å². The van der Waals surface area contributed by atoms with Crippen LogP contribution in [0.1, 0.15) is 38.6 Å². The Balaban J connectivity index is 1.93. The zero-order chi connectivity index (χ0) is 12.1. The van der Waals surface area contributed by atoms with Crippen molar-refractivity contribution >= 4 is 5.95 Å². The first-order valence-electron chi connectivity index (χ1n) is 6.57. The summed E-state index contributed by atoms with van der Waals surface area (Å²) in [5.41, 5.74) is 0. The molecule has 0 aliphatic heterocycles. The molecule has 0 spiro atoms. The first kappa shape index (κ1) is 12.4. The maximum Gasteiger partial charge on any atom is 0.203 e. The third kappa shape index (κ3) is 3.22. The minimum Gasteiger partial charge on any atom is -0.383 e. The van der Waals surface area contributed by atoms with Crippen molar-refractivity contribution < 1.29 is 4.74 Å². The monoisotopic (exact) mass is 237 g/mol.